The van der Waals surface area contributed by atoms with Crippen molar-refractivity contribution in [3.8, 4) is 0 Å². The average molecular weight is 440 g/mol. The molecule has 0 saturated carbocycles. The Morgan fingerprint density at radius 3 is 2.57 bits per heavy atom. The molecule has 1 aliphatic rings. The van der Waals surface area contributed by atoms with Gasteiger partial charge in [0.15, 0.2) is 16.4 Å². The first kappa shape index (κ1) is 20.8. The van der Waals surface area contributed by atoms with E-state index in [1.54, 1.807) is 13.0 Å². The Morgan fingerprint density at radius 2 is 2.00 bits per heavy atom. The molecule has 0 aromatic carbocycles. The van der Waals surface area contributed by atoms with E-state index < -0.39 is 22.4 Å². The number of rotatable bonds is 7. The fraction of sp³-hybridized carbons (Fsp3) is 0.368. The quantitative estimate of drug-likeness (QED) is 0.489. The summed E-state index contributed by atoms with van der Waals surface area (Å²) < 4.78 is 28.7. The lowest BCUT2D eigenvalue weighted by atomic mass is 10.2. The Morgan fingerprint density at radius 1 is 1.25 bits per heavy atom. The van der Waals surface area contributed by atoms with Gasteiger partial charge in [0.05, 0.1) is 17.1 Å². The van der Waals surface area contributed by atoms with Crippen LogP contribution in [0.4, 0.5) is 0 Å². The van der Waals surface area contributed by atoms with Crippen molar-refractivity contribution in [1.82, 2.24) is 4.90 Å². The van der Waals surface area contributed by atoms with Crippen LogP contribution in [0.3, 0.4) is 0 Å². The number of amides is 1. The van der Waals surface area contributed by atoms with Crippen molar-refractivity contribution in [2.45, 2.75) is 19.4 Å². The summed E-state index contributed by atoms with van der Waals surface area (Å²) in [5.74, 6) is -0.883. The average Bonchev–Trinajstić information content (AvgIpc) is 3.40. The molecule has 0 N–H and O–H groups in total. The molecule has 150 valence electrons. The molecule has 1 amide bonds. The molecular formula is C19H21NO5S3. The van der Waals surface area contributed by atoms with Gasteiger partial charge < -0.3 is 9.64 Å². The first-order chi connectivity index (χ1) is 13.4. The van der Waals surface area contributed by atoms with Crippen molar-refractivity contribution in [3.63, 3.8) is 0 Å². The van der Waals surface area contributed by atoms with Crippen LogP contribution in [-0.2, 0) is 24.2 Å². The van der Waals surface area contributed by atoms with Crippen molar-refractivity contribution >= 4 is 56.0 Å². The van der Waals surface area contributed by atoms with Gasteiger partial charge in [-0.25, -0.2) is 13.2 Å². The second-order valence-electron chi connectivity index (χ2n) is 6.36. The van der Waals surface area contributed by atoms with Crippen LogP contribution in [0.5, 0.6) is 0 Å². The molecule has 3 heterocycles. The number of likely N-dealkylation sites (N-methyl/N-ethyl adjacent to an activating group) is 1. The molecule has 3 rings (SSSR count). The van der Waals surface area contributed by atoms with Gasteiger partial charge >= 0.3 is 5.97 Å². The number of hydrogen-bond donors (Lipinski definition) is 0. The Kier molecular flexibility index (Phi) is 6.69. The van der Waals surface area contributed by atoms with Crippen LogP contribution < -0.4 is 0 Å². The van der Waals surface area contributed by atoms with Gasteiger partial charge in [-0.15, -0.1) is 22.7 Å². The Balaban J connectivity index is 1.68. The number of sulfone groups is 1. The number of carbonyl (C=O) groups is 2. The number of carbonyl (C=O) groups excluding carboxylic acids is 2. The minimum absolute atomic E-state index is 0.0285. The van der Waals surface area contributed by atoms with Crippen LogP contribution >= 0.6 is 22.7 Å². The highest BCUT2D eigenvalue weighted by Crippen LogP contribution is 2.26. The molecule has 1 saturated heterocycles. The van der Waals surface area contributed by atoms with Gasteiger partial charge in [0.25, 0.3) is 5.91 Å². The Bertz CT molecular complexity index is 946. The van der Waals surface area contributed by atoms with Gasteiger partial charge in [0, 0.05) is 22.3 Å². The molecule has 1 fully saturated rings. The van der Waals surface area contributed by atoms with Crippen LogP contribution in [0.25, 0.3) is 11.6 Å². The third kappa shape index (κ3) is 5.09. The highest BCUT2D eigenvalue weighted by atomic mass is 32.2. The third-order valence-electron chi connectivity index (χ3n) is 4.47. The lowest BCUT2D eigenvalue weighted by Gasteiger charge is -2.26. The fourth-order valence-electron chi connectivity index (χ4n) is 3.13. The van der Waals surface area contributed by atoms with E-state index >= 15 is 0 Å². The zero-order valence-electron chi connectivity index (χ0n) is 15.4. The third-order valence-corrected chi connectivity index (χ3v) is 7.95. The van der Waals surface area contributed by atoms with Crippen LogP contribution in [0, 0.1) is 0 Å². The molecule has 0 bridgehead atoms. The minimum Gasteiger partial charge on any atom is -0.452 e. The summed E-state index contributed by atoms with van der Waals surface area (Å²) in [5, 5.41) is 3.79. The normalized spacial score (nSPS) is 18.8. The molecule has 1 aliphatic heterocycles. The number of ether oxygens (including phenoxy) is 1. The minimum atomic E-state index is -3.10. The molecule has 0 aliphatic carbocycles. The van der Waals surface area contributed by atoms with Crippen molar-refractivity contribution < 1.29 is 22.7 Å². The summed E-state index contributed by atoms with van der Waals surface area (Å²) in [6, 6.07) is 7.12. The molecule has 1 atom stereocenters. The smallest absolute Gasteiger partial charge is 0.340 e. The molecule has 9 heteroatoms. The van der Waals surface area contributed by atoms with E-state index in [1.807, 2.05) is 35.0 Å². The van der Waals surface area contributed by atoms with E-state index in [-0.39, 0.29) is 23.5 Å². The first-order valence-electron chi connectivity index (χ1n) is 8.85. The van der Waals surface area contributed by atoms with Gasteiger partial charge in [0.1, 0.15) is 0 Å². The number of nitrogens with zero attached hydrogens (tertiary/aromatic N) is 1. The van der Waals surface area contributed by atoms with Gasteiger partial charge in [-0.3, -0.25) is 4.79 Å². The first-order valence-corrected chi connectivity index (χ1v) is 12.4. The topological polar surface area (TPSA) is 80.8 Å². The predicted octanol–water partition coefficient (Wildman–Crippen LogP) is 2.93. The van der Waals surface area contributed by atoms with E-state index in [1.165, 1.54) is 27.6 Å². The van der Waals surface area contributed by atoms with Crippen LogP contribution in [0.15, 0.2) is 35.0 Å². The van der Waals surface area contributed by atoms with E-state index in [2.05, 4.69) is 0 Å². The highest BCUT2D eigenvalue weighted by Gasteiger charge is 2.34. The van der Waals surface area contributed by atoms with Crippen LogP contribution in [-0.4, -0.2) is 55.9 Å². The van der Waals surface area contributed by atoms with Crippen molar-refractivity contribution in [1.29, 1.82) is 0 Å². The molecular weight excluding hydrogens is 418 g/mol. The summed E-state index contributed by atoms with van der Waals surface area (Å²) in [7, 11) is -3.10. The van der Waals surface area contributed by atoms with Gasteiger partial charge in [0.2, 0.25) is 0 Å². The van der Waals surface area contributed by atoms with Gasteiger partial charge in [-0.05, 0) is 42.3 Å². The largest absolute Gasteiger partial charge is 0.452 e. The molecule has 1 unspecified atom stereocenters. The van der Waals surface area contributed by atoms with Crippen LogP contribution in [0.2, 0.25) is 0 Å². The number of esters is 1. The summed E-state index contributed by atoms with van der Waals surface area (Å²) in [6.45, 7) is 1.76. The summed E-state index contributed by atoms with van der Waals surface area (Å²) in [6.07, 6.45) is 2.18. The number of hydrogen-bond acceptors (Lipinski definition) is 7. The molecule has 28 heavy (non-hydrogen) atoms. The van der Waals surface area contributed by atoms with Crippen LogP contribution in [0.1, 0.15) is 23.1 Å². The van der Waals surface area contributed by atoms with Crippen molar-refractivity contribution in [3.05, 3.63) is 44.8 Å². The second-order valence-corrected chi connectivity index (χ2v) is 10.5. The highest BCUT2D eigenvalue weighted by molar-refractivity contribution is 7.91. The van der Waals surface area contributed by atoms with Gasteiger partial charge in [-0.1, -0.05) is 12.1 Å². The standard InChI is InChI=1S/C19H21NO5S3/c1-2-20(14-7-10-28(23,24)13-14)18(21)12-25-19(22)16(17-6-4-9-27-17)11-15-5-3-8-26-15/h3-6,8-9,11,14H,2,7,10,12-13H2,1H3. The van der Waals surface area contributed by atoms with E-state index in [4.69, 9.17) is 4.74 Å². The fourth-order valence-corrected chi connectivity index (χ4v) is 6.24. The maximum absolute atomic E-state index is 12.7. The number of thiophene rings is 2. The van der Waals surface area contributed by atoms with Crippen molar-refractivity contribution in [2.24, 2.45) is 0 Å². The maximum atomic E-state index is 12.7. The molecule has 0 spiro atoms. The molecule has 6 nitrogen and oxygen atoms in total. The van der Waals surface area contributed by atoms with Gasteiger partial charge in [-0.2, -0.15) is 0 Å². The summed E-state index contributed by atoms with van der Waals surface area (Å²) in [5.41, 5.74) is 0.400. The van der Waals surface area contributed by atoms with Crippen molar-refractivity contribution in [2.75, 3.05) is 24.7 Å². The van der Waals surface area contributed by atoms with E-state index in [9.17, 15) is 18.0 Å². The Hall–Kier alpha value is -1.97. The monoisotopic (exact) mass is 439 g/mol. The maximum Gasteiger partial charge on any atom is 0.340 e. The lowest BCUT2D eigenvalue weighted by Crippen LogP contribution is -2.43. The Labute approximate surface area is 172 Å². The second kappa shape index (κ2) is 9.02. The predicted molar refractivity (Wildman–Crippen MR) is 112 cm³/mol. The zero-order valence-corrected chi connectivity index (χ0v) is 17.8. The molecule has 2 aromatic rings. The summed E-state index contributed by atoms with van der Waals surface area (Å²) in [4.78, 5) is 28.4. The lowest BCUT2D eigenvalue weighted by molar-refractivity contribution is -0.148. The zero-order chi connectivity index (χ0) is 20.1. The van der Waals surface area contributed by atoms with E-state index in [0.29, 0.717) is 18.5 Å². The summed E-state index contributed by atoms with van der Waals surface area (Å²) >= 11 is 2.92. The molecule has 0 radical (unpaired) electrons. The SMILES string of the molecule is CCN(C(=O)COC(=O)C(=Cc1cccs1)c1cccs1)C1CCS(=O)(=O)C1. The molecule has 2 aromatic heterocycles. The van der Waals surface area contributed by atoms with E-state index in [0.717, 1.165) is 9.75 Å².